The van der Waals surface area contributed by atoms with Crippen molar-refractivity contribution in [3.8, 4) is 11.5 Å². The first kappa shape index (κ1) is 22.8. The second kappa shape index (κ2) is 10.8. The van der Waals surface area contributed by atoms with E-state index in [1.165, 1.54) is 5.56 Å². The number of benzene rings is 1. The lowest BCUT2D eigenvalue weighted by molar-refractivity contribution is 0.171. The van der Waals surface area contributed by atoms with Crippen molar-refractivity contribution in [3.63, 3.8) is 0 Å². The number of aliphatic imine (C=N–C) groups is 1. The third-order valence-corrected chi connectivity index (χ3v) is 4.10. The van der Waals surface area contributed by atoms with Crippen molar-refractivity contribution in [3.05, 3.63) is 23.8 Å². The van der Waals surface area contributed by atoms with Crippen molar-refractivity contribution < 1.29 is 14.2 Å². The van der Waals surface area contributed by atoms with E-state index in [1.807, 2.05) is 6.07 Å². The Morgan fingerprint density at radius 1 is 1.27 bits per heavy atom. The van der Waals surface area contributed by atoms with E-state index in [4.69, 9.17) is 19.2 Å². The molecular formula is C19H32IN3O3. The molecule has 1 unspecified atom stereocenters. The zero-order chi connectivity index (χ0) is 18.3. The van der Waals surface area contributed by atoms with Crippen LogP contribution in [0.1, 0.15) is 33.3 Å². The molecule has 0 amide bonds. The first-order valence-corrected chi connectivity index (χ1v) is 8.90. The number of rotatable bonds is 7. The average molecular weight is 477 g/mol. The summed E-state index contributed by atoms with van der Waals surface area (Å²) in [4.78, 5) is 4.76. The van der Waals surface area contributed by atoms with Gasteiger partial charge >= 0.3 is 0 Å². The van der Waals surface area contributed by atoms with E-state index in [-0.39, 0.29) is 35.4 Å². The summed E-state index contributed by atoms with van der Waals surface area (Å²) in [6.45, 7) is 11.8. The normalized spacial score (nSPS) is 15.0. The Morgan fingerprint density at radius 2 is 1.96 bits per heavy atom. The molecule has 1 aromatic carbocycles. The molecule has 1 aromatic rings. The van der Waals surface area contributed by atoms with Crippen LogP contribution >= 0.6 is 24.0 Å². The Kier molecular flexibility index (Phi) is 9.49. The second-order valence-corrected chi connectivity index (χ2v) is 6.94. The number of guanidine groups is 1. The molecule has 0 fully saturated rings. The SMILES string of the molecule is CCNC(=NCC(C)(C)c1ccc2c(c1)OCCO2)NC(C)COC.I. The lowest BCUT2D eigenvalue weighted by atomic mass is 9.84. The van der Waals surface area contributed by atoms with Gasteiger partial charge in [0.15, 0.2) is 17.5 Å². The zero-order valence-electron chi connectivity index (χ0n) is 16.4. The highest BCUT2D eigenvalue weighted by Crippen LogP contribution is 2.35. The van der Waals surface area contributed by atoms with Gasteiger partial charge in [0.05, 0.1) is 13.2 Å². The van der Waals surface area contributed by atoms with E-state index in [1.54, 1.807) is 7.11 Å². The van der Waals surface area contributed by atoms with Gasteiger partial charge in [0.25, 0.3) is 0 Å². The molecule has 26 heavy (non-hydrogen) atoms. The molecule has 148 valence electrons. The molecule has 0 saturated heterocycles. The van der Waals surface area contributed by atoms with Gasteiger partial charge in [-0.2, -0.15) is 0 Å². The topological polar surface area (TPSA) is 64.1 Å². The van der Waals surface area contributed by atoms with Gasteiger partial charge in [-0.25, -0.2) is 0 Å². The van der Waals surface area contributed by atoms with Crippen molar-refractivity contribution >= 4 is 29.9 Å². The van der Waals surface area contributed by atoms with Gasteiger partial charge in [0, 0.05) is 25.1 Å². The standard InChI is InChI=1S/C19H31N3O3.HI/c1-6-20-18(22-14(2)12-23-5)21-13-19(3,4)15-7-8-16-17(11-15)25-10-9-24-16;/h7-8,11,14H,6,9-10,12-13H2,1-5H3,(H2,20,21,22);1H. The van der Waals surface area contributed by atoms with Gasteiger partial charge in [-0.05, 0) is 31.5 Å². The first-order chi connectivity index (χ1) is 12.0. The van der Waals surface area contributed by atoms with Crippen molar-refractivity contribution in [2.75, 3.05) is 40.0 Å². The Morgan fingerprint density at radius 3 is 2.62 bits per heavy atom. The number of nitrogens with one attached hydrogen (secondary N) is 2. The maximum absolute atomic E-state index is 5.70. The highest BCUT2D eigenvalue weighted by atomic mass is 127. The minimum atomic E-state index is -0.122. The first-order valence-electron chi connectivity index (χ1n) is 8.90. The van der Waals surface area contributed by atoms with E-state index in [2.05, 4.69) is 50.5 Å². The summed E-state index contributed by atoms with van der Waals surface area (Å²) in [6.07, 6.45) is 0. The van der Waals surface area contributed by atoms with Crippen LogP contribution in [0.4, 0.5) is 0 Å². The van der Waals surface area contributed by atoms with Crippen LogP contribution in [0, 0.1) is 0 Å². The van der Waals surface area contributed by atoms with E-state index in [0.29, 0.717) is 26.4 Å². The van der Waals surface area contributed by atoms with Crippen LogP contribution in [0.15, 0.2) is 23.2 Å². The molecule has 7 heteroatoms. The smallest absolute Gasteiger partial charge is 0.191 e. The predicted molar refractivity (Wildman–Crippen MR) is 116 cm³/mol. The Bertz CT molecular complexity index is 593. The fraction of sp³-hybridized carbons (Fsp3) is 0.632. The maximum Gasteiger partial charge on any atom is 0.191 e. The quantitative estimate of drug-likeness (QED) is 0.359. The lowest BCUT2D eigenvalue weighted by Crippen LogP contribution is -2.44. The molecule has 0 aliphatic carbocycles. The highest BCUT2D eigenvalue weighted by Gasteiger charge is 2.23. The monoisotopic (exact) mass is 477 g/mol. The van der Waals surface area contributed by atoms with Crippen LogP contribution in [-0.2, 0) is 10.2 Å². The molecule has 2 N–H and O–H groups in total. The molecule has 0 saturated carbocycles. The molecule has 6 nitrogen and oxygen atoms in total. The van der Waals surface area contributed by atoms with Crippen LogP contribution in [0.5, 0.6) is 11.5 Å². The third-order valence-electron chi connectivity index (χ3n) is 4.10. The summed E-state index contributed by atoms with van der Waals surface area (Å²) < 4.78 is 16.5. The van der Waals surface area contributed by atoms with Crippen molar-refractivity contribution in [2.24, 2.45) is 4.99 Å². The summed E-state index contributed by atoms with van der Waals surface area (Å²) in [5.74, 6) is 2.44. The molecule has 1 aliphatic heterocycles. The van der Waals surface area contributed by atoms with E-state index >= 15 is 0 Å². The molecule has 1 heterocycles. The number of fused-ring (bicyclic) bond motifs is 1. The van der Waals surface area contributed by atoms with Gasteiger partial charge in [0.2, 0.25) is 0 Å². The maximum atomic E-state index is 5.70. The van der Waals surface area contributed by atoms with Gasteiger partial charge in [-0.15, -0.1) is 24.0 Å². The van der Waals surface area contributed by atoms with Gasteiger partial charge < -0.3 is 24.8 Å². The molecule has 2 rings (SSSR count). The minimum Gasteiger partial charge on any atom is -0.486 e. The average Bonchev–Trinajstić information content (AvgIpc) is 2.60. The molecular weight excluding hydrogens is 445 g/mol. The van der Waals surface area contributed by atoms with Crippen molar-refractivity contribution in [1.82, 2.24) is 10.6 Å². The minimum absolute atomic E-state index is 0. The van der Waals surface area contributed by atoms with E-state index in [0.717, 1.165) is 24.0 Å². The van der Waals surface area contributed by atoms with Crippen LogP contribution < -0.4 is 20.1 Å². The van der Waals surface area contributed by atoms with E-state index < -0.39 is 0 Å². The number of halogens is 1. The Balaban J connectivity index is 0.00000338. The lowest BCUT2D eigenvalue weighted by Gasteiger charge is -2.27. The summed E-state index contributed by atoms with van der Waals surface area (Å²) in [7, 11) is 1.70. The third kappa shape index (κ3) is 6.50. The largest absolute Gasteiger partial charge is 0.486 e. The number of ether oxygens (including phenoxy) is 3. The van der Waals surface area contributed by atoms with Crippen LogP contribution in [-0.4, -0.2) is 52.0 Å². The van der Waals surface area contributed by atoms with E-state index in [9.17, 15) is 0 Å². The number of nitrogens with zero attached hydrogens (tertiary/aromatic N) is 1. The molecule has 1 aliphatic rings. The Hall–Kier alpha value is -1.22. The fourth-order valence-corrected chi connectivity index (χ4v) is 2.68. The molecule has 0 bridgehead atoms. The van der Waals surface area contributed by atoms with Crippen molar-refractivity contribution in [1.29, 1.82) is 0 Å². The zero-order valence-corrected chi connectivity index (χ0v) is 18.8. The number of hydrogen-bond donors (Lipinski definition) is 2. The molecule has 0 aromatic heterocycles. The summed E-state index contributed by atoms with van der Waals surface area (Å²) in [5.41, 5.74) is 1.06. The van der Waals surface area contributed by atoms with Gasteiger partial charge in [-0.3, -0.25) is 4.99 Å². The van der Waals surface area contributed by atoms with Crippen LogP contribution in [0.25, 0.3) is 0 Å². The summed E-state index contributed by atoms with van der Waals surface area (Å²) in [5, 5.41) is 6.65. The van der Waals surface area contributed by atoms with Crippen LogP contribution in [0.2, 0.25) is 0 Å². The molecule has 0 radical (unpaired) electrons. The van der Waals surface area contributed by atoms with Gasteiger partial charge in [0.1, 0.15) is 13.2 Å². The number of hydrogen-bond acceptors (Lipinski definition) is 4. The summed E-state index contributed by atoms with van der Waals surface area (Å²) >= 11 is 0. The highest BCUT2D eigenvalue weighted by molar-refractivity contribution is 14.0. The summed E-state index contributed by atoms with van der Waals surface area (Å²) in [6, 6.07) is 6.34. The molecule has 1 atom stereocenters. The molecule has 0 spiro atoms. The van der Waals surface area contributed by atoms with Crippen molar-refractivity contribution in [2.45, 2.75) is 39.2 Å². The predicted octanol–water partition coefficient (Wildman–Crippen LogP) is 2.94. The number of methoxy groups -OCH3 is 1. The fourth-order valence-electron chi connectivity index (χ4n) is 2.68. The Labute approximate surface area is 174 Å². The van der Waals surface area contributed by atoms with Crippen LogP contribution in [0.3, 0.4) is 0 Å². The second-order valence-electron chi connectivity index (χ2n) is 6.94. The van der Waals surface area contributed by atoms with Gasteiger partial charge in [-0.1, -0.05) is 19.9 Å².